The maximum atomic E-state index is 13.8. The maximum absolute atomic E-state index is 13.8. The second kappa shape index (κ2) is 8.53. The number of amides is 1. The van der Waals surface area contributed by atoms with Crippen molar-refractivity contribution >= 4 is 5.91 Å². The third-order valence-corrected chi connectivity index (χ3v) is 5.21. The molecule has 4 rings (SSSR count). The first kappa shape index (κ1) is 19.3. The Morgan fingerprint density at radius 1 is 1.21 bits per heavy atom. The van der Waals surface area contributed by atoms with E-state index >= 15 is 0 Å². The molecular weight excluding hydrogens is 371 g/mol. The summed E-state index contributed by atoms with van der Waals surface area (Å²) in [4.78, 5) is 19.1. The SMILES string of the molecule is NC(CC(=O)N1CCCC1c1nc(-c2ccccc2)no1)Cc1ccccc1F. The molecule has 29 heavy (non-hydrogen) atoms. The molecule has 1 aliphatic rings. The van der Waals surface area contributed by atoms with E-state index in [2.05, 4.69) is 10.1 Å². The van der Waals surface area contributed by atoms with Gasteiger partial charge in [0.05, 0.1) is 0 Å². The number of nitrogens with zero attached hydrogens (tertiary/aromatic N) is 3. The Morgan fingerprint density at radius 3 is 2.76 bits per heavy atom. The molecule has 0 spiro atoms. The Labute approximate surface area is 168 Å². The van der Waals surface area contributed by atoms with E-state index in [1.54, 1.807) is 23.1 Å². The molecule has 2 heterocycles. The molecule has 2 N–H and O–H groups in total. The van der Waals surface area contributed by atoms with Gasteiger partial charge in [-0.1, -0.05) is 53.7 Å². The molecule has 1 amide bonds. The van der Waals surface area contributed by atoms with E-state index in [0.717, 1.165) is 18.4 Å². The highest BCUT2D eigenvalue weighted by molar-refractivity contribution is 5.77. The number of nitrogens with two attached hydrogens (primary N) is 1. The second-order valence-corrected chi connectivity index (χ2v) is 7.33. The number of carbonyl (C=O) groups excluding carboxylic acids is 1. The summed E-state index contributed by atoms with van der Waals surface area (Å²) in [6.45, 7) is 0.624. The first-order valence-corrected chi connectivity index (χ1v) is 9.79. The van der Waals surface area contributed by atoms with Crippen LogP contribution in [0.1, 0.15) is 36.8 Å². The summed E-state index contributed by atoms with van der Waals surface area (Å²) in [6.07, 6.45) is 2.09. The van der Waals surface area contributed by atoms with Crippen LogP contribution >= 0.6 is 0 Å². The zero-order chi connectivity index (χ0) is 20.2. The lowest BCUT2D eigenvalue weighted by molar-refractivity contribution is -0.132. The fourth-order valence-electron chi connectivity index (χ4n) is 3.76. The molecule has 7 heteroatoms. The van der Waals surface area contributed by atoms with Crippen molar-refractivity contribution in [1.82, 2.24) is 15.0 Å². The van der Waals surface area contributed by atoms with E-state index in [9.17, 15) is 9.18 Å². The highest BCUT2D eigenvalue weighted by Gasteiger charge is 2.34. The van der Waals surface area contributed by atoms with Crippen molar-refractivity contribution in [1.29, 1.82) is 0 Å². The van der Waals surface area contributed by atoms with Gasteiger partial charge in [0, 0.05) is 24.6 Å². The van der Waals surface area contributed by atoms with Crippen LogP contribution in [0.4, 0.5) is 4.39 Å². The van der Waals surface area contributed by atoms with Crippen molar-refractivity contribution in [2.75, 3.05) is 6.54 Å². The van der Waals surface area contributed by atoms with Crippen LogP contribution in [0.2, 0.25) is 0 Å². The minimum atomic E-state index is -0.455. The lowest BCUT2D eigenvalue weighted by Crippen LogP contribution is -2.36. The molecule has 0 radical (unpaired) electrons. The van der Waals surface area contributed by atoms with E-state index in [1.165, 1.54) is 6.07 Å². The van der Waals surface area contributed by atoms with Crippen LogP contribution in [0.15, 0.2) is 59.1 Å². The van der Waals surface area contributed by atoms with Crippen LogP contribution in [0, 0.1) is 5.82 Å². The molecule has 0 saturated carbocycles. The number of carbonyl (C=O) groups is 1. The highest BCUT2D eigenvalue weighted by atomic mass is 19.1. The van der Waals surface area contributed by atoms with E-state index in [-0.39, 0.29) is 24.2 Å². The maximum Gasteiger partial charge on any atom is 0.249 e. The molecular formula is C22H23FN4O2. The first-order chi connectivity index (χ1) is 14.1. The van der Waals surface area contributed by atoms with E-state index in [0.29, 0.717) is 30.2 Å². The molecule has 2 aromatic carbocycles. The van der Waals surface area contributed by atoms with Crippen LogP contribution in [0.25, 0.3) is 11.4 Å². The van der Waals surface area contributed by atoms with Gasteiger partial charge in [-0.05, 0) is 30.9 Å². The largest absolute Gasteiger partial charge is 0.337 e. The van der Waals surface area contributed by atoms with Gasteiger partial charge in [-0.25, -0.2) is 4.39 Å². The predicted molar refractivity (Wildman–Crippen MR) is 106 cm³/mol. The monoisotopic (exact) mass is 394 g/mol. The fourth-order valence-corrected chi connectivity index (χ4v) is 3.76. The van der Waals surface area contributed by atoms with Crippen LogP contribution in [-0.4, -0.2) is 33.5 Å². The molecule has 3 aromatic rings. The summed E-state index contributed by atoms with van der Waals surface area (Å²) < 4.78 is 19.3. The molecule has 150 valence electrons. The zero-order valence-corrected chi connectivity index (χ0v) is 16.0. The zero-order valence-electron chi connectivity index (χ0n) is 16.0. The quantitative estimate of drug-likeness (QED) is 0.692. The lowest BCUT2D eigenvalue weighted by atomic mass is 10.0. The molecule has 6 nitrogen and oxygen atoms in total. The summed E-state index contributed by atoms with van der Waals surface area (Å²) in [6, 6.07) is 15.4. The van der Waals surface area contributed by atoms with Gasteiger partial charge < -0.3 is 15.2 Å². The van der Waals surface area contributed by atoms with Crippen molar-refractivity contribution < 1.29 is 13.7 Å². The molecule has 1 fully saturated rings. The van der Waals surface area contributed by atoms with Gasteiger partial charge in [-0.3, -0.25) is 4.79 Å². The molecule has 2 atom stereocenters. The number of aromatic nitrogens is 2. The van der Waals surface area contributed by atoms with Crippen LogP contribution < -0.4 is 5.73 Å². The van der Waals surface area contributed by atoms with Crippen LogP contribution in [-0.2, 0) is 11.2 Å². The van der Waals surface area contributed by atoms with Gasteiger partial charge >= 0.3 is 0 Å². The summed E-state index contributed by atoms with van der Waals surface area (Å²) in [5.74, 6) is 0.582. The van der Waals surface area contributed by atoms with Gasteiger partial charge in [0.2, 0.25) is 17.6 Å². The Kier molecular flexibility index (Phi) is 5.67. The standard InChI is InChI=1S/C22H23FN4O2/c23-18-10-5-4-9-16(18)13-17(24)14-20(28)27-12-6-11-19(27)22-25-21(26-29-22)15-7-2-1-3-8-15/h1-5,7-10,17,19H,6,11-14,24H2. The first-order valence-electron chi connectivity index (χ1n) is 9.79. The van der Waals surface area contributed by atoms with Crippen molar-refractivity contribution in [3.8, 4) is 11.4 Å². The molecule has 2 unspecified atom stereocenters. The van der Waals surface area contributed by atoms with Gasteiger partial charge in [-0.2, -0.15) is 4.98 Å². The average Bonchev–Trinajstić information content (AvgIpc) is 3.40. The minimum Gasteiger partial charge on any atom is -0.337 e. The third-order valence-electron chi connectivity index (χ3n) is 5.21. The number of hydrogen-bond donors (Lipinski definition) is 1. The number of hydrogen-bond acceptors (Lipinski definition) is 5. The van der Waals surface area contributed by atoms with E-state index in [4.69, 9.17) is 10.3 Å². The highest BCUT2D eigenvalue weighted by Crippen LogP contribution is 2.32. The Bertz CT molecular complexity index is 976. The van der Waals surface area contributed by atoms with Gasteiger partial charge in [0.15, 0.2) is 0 Å². The smallest absolute Gasteiger partial charge is 0.249 e. The topological polar surface area (TPSA) is 85.3 Å². The molecule has 0 aliphatic carbocycles. The molecule has 0 bridgehead atoms. The summed E-state index contributed by atoms with van der Waals surface area (Å²) in [5.41, 5.74) is 7.53. The fraction of sp³-hybridized carbons (Fsp3) is 0.318. The van der Waals surface area contributed by atoms with Crippen LogP contribution in [0.5, 0.6) is 0 Å². The number of benzene rings is 2. The number of rotatable bonds is 6. The summed E-state index contributed by atoms with van der Waals surface area (Å²) >= 11 is 0. The Hall–Kier alpha value is -3.06. The van der Waals surface area contributed by atoms with Gasteiger partial charge in [-0.15, -0.1) is 0 Å². The van der Waals surface area contributed by atoms with E-state index in [1.807, 2.05) is 30.3 Å². The molecule has 1 aromatic heterocycles. The van der Waals surface area contributed by atoms with Crippen molar-refractivity contribution in [2.45, 2.75) is 37.8 Å². The normalized spacial score (nSPS) is 17.4. The van der Waals surface area contributed by atoms with Crippen molar-refractivity contribution in [2.24, 2.45) is 5.73 Å². The second-order valence-electron chi connectivity index (χ2n) is 7.33. The summed E-state index contributed by atoms with van der Waals surface area (Å²) in [7, 11) is 0. The van der Waals surface area contributed by atoms with Gasteiger partial charge in [0.25, 0.3) is 0 Å². The lowest BCUT2D eigenvalue weighted by Gasteiger charge is -2.23. The Balaban J connectivity index is 1.42. The van der Waals surface area contributed by atoms with Crippen molar-refractivity contribution in [3.63, 3.8) is 0 Å². The summed E-state index contributed by atoms with van der Waals surface area (Å²) in [5, 5.41) is 4.06. The predicted octanol–water partition coefficient (Wildman–Crippen LogP) is 3.50. The van der Waals surface area contributed by atoms with Crippen LogP contribution in [0.3, 0.4) is 0 Å². The third kappa shape index (κ3) is 4.35. The molecule has 1 aliphatic heterocycles. The number of halogens is 1. The molecule has 1 saturated heterocycles. The van der Waals surface area contributed by atoms with Crippen molar-refractivity contribution in [3.05, 3.63) is 71.9 Å². The average molecular weight is 394 g/mol. The van der Waals surface area contributed by atoms with Gasteiger partial charge in [0.1, 0.15) is 11.9 Å². The Morgan fingerprint density at radius 2 is 1.97 bits per heavy atom. The minimum absolute atomic E-state index is 0.0733. The van der Waals surface area contributed by atoms with E-state index < -0.39 is 6.04 Å². The number of likely N-dealkylation sites (tertiary alicyclic amines) is 1.